The number of benzene rings is 2. The van der Waals surface area contributed by atoms with Gasteiger partial charge in [-0.25, -0.2) is 4.79 Å². The average Bonchev–Trinajstić information content (AvgIpc) is 3.39. The molecule has 2 heterocycles. The fourth-order valence-electron chi connectivity index (χ4n) is 3.78. The first-order valence-corrected chi connectivity index (χ1v) is 10.1. The number of hydrogen-bond acceptors (Lipinski definition) is 3. The van der Waals surface area contributed by atoms with Crippen LogP contribution in [0.3, 0.4) is 0 Å². The summed E-state index contributed by atoms with van der Waals surface area (Å²) in [6.07, 6.45) is 3.84. The number of carbonyl (C=O) groups excluding carboxylic acids is 1. The number of nitrogens with one attached hydrogen (secondary N) is 1. The standard InChI is InChI=1S/C23H26N4O2/c1-2-29-20-12-10-19(11-13-20)21-9-6-15-27(21)23(28)24-22-14-16-26(25-22)17-18-7-4-3-5-8-18/h3-5,7-8,10-14,16,21H,2,6,9,15,17H2,1H3,(H,24,25,28). The minimum absolute atomic E-state index is 0.0806. The van der Waals surface area contributed by atoms with E-state index in [1.54, 1.807) is 0 Å². The lowest BCUT2D eigenvalue weighted by Crippen LogP contribution is -2.34. The van der Waals surface area contributed by atoms with Crippen LogP contribution in [0.2, 0.25) is 0 Å². The van der Waals surface area contributed by atoms with E-state index in [0.717, 1.165) is 30.7 Å². The van der Waals surface area contributed by atoms with E-state index >= 15 is 0 Å². The maximum absolute atomic E-state index is 12.9. The Kier molecular flexibility index (Phi) is 5.79. The number of ether oxygens (including phenoxy) is 1. The number of urea groups is 1. The number of likely N-dealkylation sites (tertiary alicyclic amines) is 1. The third kappa shape index (κ3) is 4.59. The number of nitrogens with zero attached hydrogens (tertiary/aromatic N) is 3. The summed E-state index contributed by atoms with van der Waals surface area (Å²) in [5, 5.41) is 7.44. The van der Waals surface area contributed by atoms with Gasteiger partial charge in [0, 0.05) is 18.8 Å². The molecule has 2 aromatic carbocycles. The minimum Gasteiger partial charge on any atom is -0.494 e. The van der Waals surface area contributed by atoms with Crippen LogP contribution in [0.4, 0.5) is 10.6 Å². The van der Waals surface area contributed by atoms with Gasteiger partial charge in [0.25, 0.3) is 0 Å². The zero-order valence-electron chi connectivity index (χ0n) is 16.6. The van der Waals surface area contributed by atoms with E-state index in [2.05, 4.69) is 34.7 Å². The topological polar surface area (TPSA) is 59.4 Å². The average molecular weight is 390 g/mol. The van der Waals surface area contributed by atoms with Crippen molar-refractivity contribution in [3.05, 3.63) is 78.0 Å². The lowest BCUT2D eigenvalue weighted by atomic mass is 10.0. The van der Waals surface area contributed by atoms with Crippen molar-refractivity contribution in [3.63, 3.8) is 0 Å². The summed E-state index contributed by atoms with van der Waals surface area (Å²) in [5.74, 6) is 1.43. The maximum atomic E-state index is 12.9. The molecule has 6 heteroatoms. The first-order valence-electron chi connectivity index (χ1n) is 10.1. The van der Waals surface area contributed by atoms with Gasteiger partial charge in [0.2, 0.25) is 0 Å². The summed E-state index contributed by atoms with van der Waals surface area (Å²) < 4.78 is 7.35. The molecule has 1 saturated heterocycles. The molecule has 6 nitrogen and oxygen atoms in total. The molecule has 0 radical (unpaired) electrons. The quantitative estimate of drug-likeness (QED) is 0.664. The summed E-state index contributed by atoms with van der Waals surface area (Å²) >= 11 is 0. The van der Waals surface area contributed by atoms with Crippen LogP contribution in [-0.2, 0) is 6.54 Å². The first kappa shape index (κ1) is 19.1. The monoisotopic (exact) mass is 390 g/mol. The largest absolute Gasteiger partial charge is 0.494 e. The zero-order chi connectivity index (χ0) is 20.1. The van der Waals surface area contributed by atoms with E-state index in [1.807, 2.05) is 59.1 Å². The second kappa shape index (κ2) is 8.82. The van der Waals surface area contributed by atoms with Crippen LogP contribution < -0.4 is 10.1 Å². The Morgan fingerprint density at radius 1 is 1.14 bits per heavy atom. The highest BCUT2D eigenvalue weighted by molar-refractivity contribution is 5.88. The van der Waals surface area contributed by atoms with Gasteiger partial charge in [-0.15, -0.1) is 0 Å². The van der Waals surface area contributed by atoms with Crippen molar-refractivity contribution in [2.75, 3.05) is 18.5 Å². The second-order valence-electron chi connectivity index (χ2n) is 7.17. The molecule has 1 N–H and O–H groups in total. The summed E-state index contributed by atoms with van der Waals surface area (Å²) in [7, 11) is 0. The maximum Gasteiger partial charge on any atom is 0.323 e. The molecule has 1 atom stereocenters. The highest BCUT2D eigenvalue weighted by Crippen LogP contribution is 2.33. The molecule has 1 aliphatic heterocycles. The van der Waals surface area contributed by atoms with Crippen LogP contribution >= 0.6 is 0 Å². The molecule has 150 valence electrons. The fourth-order valence-corrected chi connectivity index (χ4v) is 3.78. The van der Waals surface area contributed by atoms with E-state index in [4.69, 9.17) is 4.74 Å². The summed E-state index contributed by atoms with van der Waals surface area (Å²) in [6.45, 7) is 4.04. The number of anilines is 1. The van der Waals surface area contributed by atoms with E-state index in [-0.39, 0.29) is 12.1 Å². The first-order chi connectivity index (χ1) is 14.2. The molecule has 3 aromatic rings. The molecule has 0 aliphatic carbocycles. The second-order valence-corrected chi connectivity index (χ2v) is 7.17. The third-order valence-corrected chi connectivity index (χ3v) is 5.15. The van der Waals surface area contributed by atoms with Gasteiger partial charge in [-0.1, -0.05) is 42.5 Å². The van der Waals surface area contributed by atoms with Gasteiger partial charge in [0.05, 0.1) is 19.2 Å². The minimum atomic E-state index is -0.105. The molecule has 1 fully saturated rings. The molecule has 29 heavy (non-hydrogen) atoms. The molecule has 0 bridgehead atoms. The van der Waals surface area contributed by atoms with E-state index < -0.39 is 0 Å². The summed E-state index contributed by atoms with van der Waals surface area (Å²) in [4.78, 5) is 14.8. The van der Waals surface area contributed by atoms with Crippen LogP contribution in [-0.4, -0.2) is 33.9 Å². The third-order valence-electron chi connectivity index (χ3n) is 5.15. The Morgan fingerprint density at radius 3 is 2.69 bits per heavy atom. The van der Waals surface area contributed by atoms with Gasteiger partial charge < -0.3 is 9.64 Å². The van der Waals surface area contributed by atoms with Crippen molar-refractivity contribution in [2.45, 2.75) is 32.4 Å². The highest BCUT2D eigenvalue weighted by atomic mass is 16.5. The van der Waals surface area contributed by atoms with E-state index in [1.165, 1.54) is 5.56 Å². The van der Waals surface area contributed by atoms with Gasteiger partial charge >= 0.3 is 6.03 Å². The van der Waals surface area contributed by atoms with E-state index in [0.29, 0.717) is 19.0 Å². The predicted molar refractivity (Wildman–Crippen MR) is 113 cm³/mol. The normalized spacial score (nSPS) is 16.0. The molecule has 1 aliphatic rings. The molecule has 0 spiro atoms. The fraction of sp³-hybridized carbons (Fsp3) is 0.304. The Hall–Kier alpha value is -3.28. The van der Waals surface area contributed by atoms with Crippen molar-refractivity contribution in [1.29, 1.82) is 0 Å². The smallest absolute Gasteiger partial charge is 0.323 e. The van der Waals surface area contributed by atoms with Gasteiger partial charge in [0.1, 0.15) is 5.75 Å². The number of aromatic nitrogens is 2. The molecule has 1 unspecified atom stereocenters. The molecule has 4 rings (SSSR count). The molecular weight excluding hydrogens is 364 g/mol. The Labute approximate surface area is 171 Å². The van der Waals surface area contributed by atoms with Gasteiger partial charge in [0.15, 0.2) is 5.82 Å². The van der Waals surface area contributed by atoms with E-state index in [9.17, 15) is 4.79 Å². The van der Waals surface area contributed by atoms with Crippen LogP contribution in [0.25, 0.3) is 0 Å². The van der Waals surface area contributed by atoms with Crippen LogP contribution in [0.15, 0.2) is 66.9 Å². The van der Waals surface area contributed by atoms with Gasteiger partial charge in [-0.3, -0.25) is 10.00 Å². The van der Waals surface area contributed by atoms with Crippen molar-refractivity contribution < 1.29 is 9.53 Å². The van der Waals surface area contributed by atoms with Crippen LogP contribution in [0, 0.1) is 0 Å². The van der Waals surface area contributed by atoms with Crippen molar-refractivity contribution in [3.8, 4) is 5.75 Å². The molecular formula is C23H26N4O2. The SMILES string of the molecule is CCOc1ccc(C2CCCN2C(=O)Nc2ccn(Cc3ccccc3)n2)cc1. The van der Waals surface area contributed by atoms with Crippen LogP contribution in [0.5, 0.6) is 5.75 Å². The highest BCUT2D eigenvalue weighted by Gasteiger charge is 2.30. The van der Waals surface area contributed by atoms with Crippen molar-refractivity contribution in [2.24, 2.45) is 0 Å². The molecule has 1 aromatic heterocycles. The number of carbonyl (C=O) groups is 1. The predicted octanol–water partition coefficient (Wildman–Crippen LogP) is 4.70. The number of hydrogen-bond donors (Lipinski definition) is 1. The van der Waals surface area contributed by atoms with Gasteiger partial charge in [-0.05, 0) is 43.0 Å². The number of amides is 2. The summed E-state index contributed by atoms with van der Waals surface area (Å²) in [5.41, 5.74) is 2.30. The van der Waals surface area contributed by atoms with Gasteiger partial charge in [-0.2, -0.15) is 5.10 Å². The lowest BCUT2D eigenvalue weighted by molar-refractivity contribution is 0.207. The Morgan fingerprint density at radius 2 is 1.93 bits per heavy atom. The molecule has 0 saturated carbocycles. The Bertz CT molecular complexity index is 937. The number of rotatable bonds is 6. The Balaban J connectivity index is 1.40. The van der Waals surface area contributed by atoms with Crippen molar-refractivity contribution in [1.82, 2.24) is 14.7 Å². The van der Waals surface area contributed by atoms with Crippen LogP contribution in [0.1, 0.15) is 36.9 Å². The lowest BCUT2D eigenvalue weighted by Gasteiger charge is -2.25. The zero-order valence-corrected chi connectivity index (χ0v) is 16.6. The summed E-state index contributed by atoms with van der Waals surface area (Å²) in [6, 6.07) is 20.0. The molecule has 2 amide bonds. The van der Waals surface area contributed by atoms with Crippen molar-refractivity contribution >= 4 is 11.8 Å².